The Bertz CT molecular complexity index is 895. The number of nitrogens with zero attached hydrogens (tertiary/aromatic N) is 2. The molecule has 5 nitrogen and oxygen atoms in total. The molecule has 0 bridgehead atoms. The molecule has 3 heterocycles. The number of hydrogen-bond donors (Lipinski definition) is 1. The predicted molar refractivity (Wildman–Crippen MR) is 81.7 cm³/mol. The largest absolute Gasteiger partial charge is 0.478 e. The van der Waals surface area contributed by atoms with Gasteiger partial charge in [-0.25, -0.2) is 9.78 Å². The van der Waals surface area contributed by atoms with Crippen molar-refractivity contribution >= 4 is 35.1 Å². The van der Waals surface area contributed by atoms with Gasteiger partial charge in [-0.3, -0.25) is 9.20 Å². The number of rotatable bonds is 3. The van der Waals surface area contributed by atoms with Crippen molar-refractivity contribution in [3.05, 3.63) is 68.4 Å². The summed E-state index contributed by atoms with van der Waals surface area (Å²) in [6.45, 7) is 0. The van der Waals surface area contributed by atoms with Gasteiger partial charge in [0.2, 0.25) is 0 Å². The highest BCUT2D eigenvalue weighted by molar-refractivity contribution is 7.10. The van der Waals surface area contributed by atoms with Crippen molar-refractivity contribution in [1.29, 1.82) is 0 Å². The minimum absolute atomic E-state index is 0.0493. The summed E-state index contributed by atoms with van der Waals surface area (Å²) in [6.07, 6.45) is 4.92. The molecule has 3 aromatic heterocycles. The summed E-state index contributed by atoms with van der Waals surface area (Å²) in [4.78, 5) is 28.3. The third-order valence-corrected chi connectivity index (χ3v) is 3.73. The Morgan fingerprint density at radius 2 is 2.14 bits per heavy atom. The molecular formula is C15H10N2O3S. The molecule has 6 heteroatoms. The minimum atomic E-state index is -1.08. The molecular weight excluding hydrogens is 288 g/mol. The van der Waals surface area contributed by atoms with Crippen LogP contribution in [0.4, 0.5) is 0 Å². The molecule has 0 aromatic carbocycles. The van der Waals surface area contributed by atoms with E-state index in [4.69, 9.17) is 5.11 Å². The van der Waals surface area contributed by atoms with Crippen molar-refractivity contribution in [1.82, 2.24) is 9.38 Å². The van der Waals surface area contributed by atoms with Crippen molar-refractivity contribution in [2.24, 2.45) is 0 Å². The monoisotopic (exact) mass is 298 g/mol. The molecule has 0 fully saturated rings. The fourth-order valence-electron chi connectivity index (χ4n) is 1.89. The van der Waals surface area contributed by atoms with Crippen LogP contribution in [0.15, 0.2) is 46.7 Å². The third kappa shape index (κ3) is 2.75. The minimum Gasteiger partial charge on any atom is -0.478 e. The fourth-order valence-corrected chi connectivity index (χ4v) is 2.50. The van der Waals surface area contributed by atoms with Gasteiger partial charge in [-0.2, -0.15) is 0 Å². The SMILES string of the molecule is O=C(O)c1ccc2nc(/C=C/c3cccs3)cc(=O)n2c1. The van der Waals surface area contributed by atoms with Crippen LogP contribution < -0.4 is 5.56 Å². The van der Waals surface area contributed by atoms with E-state index in [-0.39, 0.29) is 11.1 Å². The number of hydrogen-bond acceptors (Lipinski definition) is 4. The Morgan fingerprint density at radius 3 is 2.86 bits per heavy atom. The van der Waals surface area contributed by atoms with Crippen molar-refractivity contribution in [3.63, 3.8) is 0 Å². The second-order valence-electron chi connectivity index (χ2n) is 4.32. The highest BCUT2D eigenvalue weighted by Gasteiger charge is 2.06. The molecule has 0 aliphatic rings. The van der Waals surface area contributed by atoms with Crippen LogP contribution in [0, 0.1) is 0 Å². The van der Waals surface area contributed by atoms with Crippen molar-refractivity contribution in [3.8, 4) is 0 Å². The molecule has 3 rings (SSSR count). The molecule has 0 atom stereocenters. The van der Waals surface area contributed by atoms with Crippen LogP contribution in [0.5, 0.6) is 0 Å². The standard InChI is InChI=1S/C15H10N2O3S/c18-14-8-11(4-5-12-2-1-7-21-12)16-13-6-3-10(15(19)20)9-17(13)14/h1-9H,(H,19,20)/b5-4+. The van der Waals surface area contributed by atoms with Crippen LogP contribution in [0.2, 0.25) is 0 Å². The van der Waals surface area contributed by atoms with Gasteiger partial charge in [0, 0.05) is 17.1 Å². The zero-order valence-corrected chi connectivity index (χ0v) is 11.6. The Labute approximate surface area is 123 Å². The molecule has 3 aromatic rings. The zero-order valence-electron chi connectivity index (χ0n) is 10.8. The maximum Gasteiger partial charge on any atom is 0.337 e. The van der Waals surface area contributed by atoms with Gasteiger partial charge in [0.15, 0.2) is 0 Å². The maximum absolute atomic E-state index is 12.0. The van der Waals surface area contributed by atoms with Gasteiger partial charge in [0.1, 0.15) is 5.65 Å². The number of thiophene rings is 1. The number of carboxylic acids is 1. The topological polar surface area (TPSA) is 71.7 Å². The van der Waals surface area contributed by atoms with Gasteiger partial charge in [-0.1, -0.05) is 6.07 Å². The van der Waals surface area contributed by atoms with Crippen LogP contribution in [0.25, 0.3) is 17.8 Å². The number of carboxylic acid groups (broad SMARTS) is 1. The molecule has 0 saturated heterocycles. The molecule has 1 N–H and O–H groups in total. The van der Waals surface area contributed by atoms with Crippen LogP contribution in [-0.2, 0) is 0 Å². The van der Waals surface area contributed by atoms with Gasteiger partial charge in [0.25, 0.3) is 5.56 Å². The van der Waals surface area contributed by atoms with E-state index in [9.17, 15) is 9.59 Å². The van der Waals surface area contributed by atoms with E-state index in [2.05, 4.69) is 4.98 Å². The number of carbonyl (C=O) groups is 1. The van der Waals surface area contributed by atoms with Gasteiger partial charge in [-0.05, 0) is 35.7 Å². The normalized spacial score (nSPS) is 11.2. The van der Waals surface area contributed by atoms with Crippen molar-refractivity contribution in [2.45, 2.75) is 0 Å². The third-order valence-electron chi connectivity index (χ3n) is 2.89. The summed E-state index contributed by atoms with van der Waals surface area (Å²) < 4.78 is 1.23. The van der Waals surface area contributed by atoms with Crippen LogP contribution in [0.3, 0.4) is 0 Å². The molecule has 0 spiro atoms. The second kappa shape index (κ2) is 5.34. The number of pyridine rings is 1. The zero-order chi connectivity index (χ0) is 14.8. The van der Waals surface area contributed by atoms with Crippen molar-refractivity contribution < 1.29 is 9.90 Å². The van der Waals surface area contributed by atoms with Crippen LogP contribution in [-0.4, -0.2) is 20.5 Å². The van der Waals surface area contributed by atoms with Gasteiger partial charge < -0.3 is 5.11 Å². The van der Waals surface area contributed by atoms with E-state index in [0.717, 1.165) is 4.88 Å². The lowest BCUT2D eigenvalue weighted by atomic mass is 10.2. The van der Waals surface area contributed by atoms with E-state index in [0.29, 0.717) is 11.3 Å². The molecule has 21 heavy (non-hydrogen) atoms. The summed E-state index contributed by atoms with van der Waals surface area (Å²) in [5, 5.41) is 10.9. The Morgan fingerprint density at radius 1 is 1.29 bits per heavy atom. The lowest BCUT2D eigenvalue weighted by molar-refractivity contribution is 0.0696. The Kier molecular flexibility index (Phi) is 3.37. The first-order valence-corrected chi connectivity index (χ1v) is 7.00. The van der Waals surface area contributed by atoms with E-state index < -0.39 is 5.97 Å². The average molecular weight is 298 g/mol. The average Bonchev–Trinajstić information content (AvgIpc) is 2.98. The molecule has 0 unspecified atom stereocenters. The fraction of sp³-hybridized carbons (Fsp3) is 0. The molecule has 0 amide bonds. The Balaban J connectivity index is 2.05. The van der Waals surface area contributed by atoms with E-state index in [1.807, 2.05) is 23.6 Å². The van der Waals surface area contributed by atoms with E-state index >= 15 is 0 Å². The summed E-state index contributed by atoms with van der Waals surface area (Å²) >= 11 is 1.59. The first-order chi connectivity index (χ1) is 10.1. The number of aromatic carboxylic acids is 1. The summed E-state index contributed by atoms with van der Waals surface area (Å²) in [7, 11) is 0. The quantitative estimate of drug-likeness (QED) is 0.807. The summed E-state index contributed by atoms with van der Waals surface area (Å²) in [5.74, 6) is -1.08. The highest BCUT2D eigenvalue weighted by atomic mass is 32.1. The number of fused-ring (bicyclic) bond motifs is 1. The van der Waals surface area contributed by atoms with Gasteiger partial charge >= 0.3 is 5.97 Å². The van der Waals surface area contributed by atoms with Crippen LogP contribution >= 0.6 is 11.3 Å². The lowest BCUT2D eigenvalue weighted by Crippen LogP contribution is -2.15. The highest BCUT2D eigenvalue weighted by Crippen LogP contribution is 2.12. The summed E-state index contributed by atoms with van der Waals surface area (Å²) in [5.41, 5.74) is 0.692. The lowest BCUT2D eigenvalue weighted by Gasteiger charge is -2.02. The first-order valence-electron chi connectivity index (χ1n) is 6.12. The smallest absolute Gasteiger partial charge is 0.337 e. The van der Waals surface area contributed by atoms with E-state index in [1.165, 1.54) is 28.8 Å². The second-order valence-corrected chi connectivity index (χ2v) is 5.30. The summed E-state index contributed by atoms with van der Waals surface area (Å²) in [6, 6.07) is 8.24. The molecule has 104 valence electrons. The van der Waals surface area contributed by atoms with Crippen LogP contribution in [0.1, 0.15) is 20.9 Å². The van der Waals surface area contributed by atoms with Gasteiger partial charge in [0.05, 0.1) is 11.3 Å². The molecule has 0 saturated carbocycles. The molecule has 0 aliphatic heterocycles. The maximum atomic E-state index is 12.0. The number of aromatic nitrogens is 2. The molecule has 0 radical (unpaired) electrons. The Hall–Kier alpha value is -2.73. The molecule has 0 aliphatic carbocycles. The van der Waals surface area contributed by atoms with E-state index in [1.54, 1.807) is 17.4 Å². The predicted octanol–water partition coefficient (Wildman–Crippen LogP) is 2.62. The van der Waals surface area contributed by atoms with Crippen molar-refractivity contribution in [2.75, 3.05) is 0 Å². The van der Waals surface area contributed by atoms with Gasteiger partial charge in [-0.15, -0.1) is 11.3 Å². The first kappa shape index (κ1) is 13.3.